The number of aromatic nitrogens is 3. The number of rotatable bonds is 2. The summed E-state index contributed by atoms with van der Waals surface area (Å²) in [6.45, 7) is -2.57. The van der Waals surface area contributed by atoms with Gasteiger partial charge < -0.3 is 10.9 Å². The molecule has 0 fully saturated rings. The molecule has 0 saturated heterocycles. The predicted octanol–water partition coefficient (Wildman–Crippen LogP) is -1.71. The molecular weight excluding hydrogens is 251 g/mol. The van der Waals surface area contributed by atoms with E-state index in [0.29, 0.717) is 11.0 Å². The van der Waals surface area contributed by atoms with Crippen molar-refractivity contribution < 1.29 is 39.9 Å². The van der Waals surface area contributed by atoms with Crippen molar-refractivity contribution in [2.75, 3.05) is 14.0 Å². The van der Waals surface area contributed by atoms with E-state index in [1.54, 1.807) is 6.07 Å². The molecule has 86 valence electrons. The predicted molar refractivity (Wildman–Crippen MR) is 62.3 cm³/mol. The van der Waals surface area contributed by atoms with Crippen LogP contribution in [-0.4, -0.2) is 39.4 Å². The van der Waals surface area contributed by atoms with E-state index in [4.69, 9.17) is 15.7 Å². The number of carbonyl (C=O) groups excluding carboxylic acids is 1. The summed E-state index contributed by atoms with van der Waals surface area (Å²) >= 11 is 5.87. The number of likely N-dealkylation sites (N-methyl/N-ethyl adjacent to an activating group) is 1. The third-order valence-corrected chi connectivity index (χ3v) is 2.45. The van der Waals surface area contributed by atoms with E-state index >= 15 is 0 Å². The van der Waals surface area contributed by atoms with Gasteiger partial charge in [-0.25, -0.2) is 9.97 Å². The largest absolute Gasteiger partial charge is 1.00 e. The first-order chi connectivity index (χ1) is 8.80. The Kier molecular flexibility index (Phi) is 3.53. The van der Waals surface area contributed by atoms with Gasteiger partial charge in [-0.3, -0.25) is 4.79 Å². The van der Waals surface area contributed by atoms with Gasteiger partial charge in [-0.2, -0.15) is 0 Å². The van der Waals surface area contributed by atoms with Crippen molar-refractivity contribution in [2.24, 2.45) is 0 Å². The molecule has 0 N–H and O–H groups in total. The Morgan fingerprint density at radius 3 is 3.18 bits per heavy atom. The molecule has 17 heavy (non-hydrogen) atoms. The van der Waals surface area contributed by atoms with E-state index in [1.165, 1.54) is 24.1 Å². The molecule has 2 rings (SSSR count). The smallest absolute Gasteiger partial charge is 1.00 e. The molecule has 0 aliphatic heterocycles. The van der Waals surface area contributed by atoms with Gasteiger partial charge in [0, 0.05) is 24.3 Å². The van der Waals surface area contributed by atoms with E-state index in [1.807, 2.05) is 0 Å². The number of carbonyl (C=O) groups is 1. The maximum atomic E-state index is 11.9. The number of halogens is 1. The molecule has 2 heterocycles. The first-order valence-corrected chi connectivity index (χ1v) is 4.90. The molecule has 2 aromatic heterocycles. The van der Waals surface area contributed by atoms with Crippen LogP contribution in [0.25, 0.3) is 11.0 Å². The molecule has 5 nitrogen and oxygen atoms in total. The summed E-state index contributed by atoms with van der Waals surface area (Å²) in [6, 6.07) is 1.66. The van der Waals surface area contributed by atoms with Crippen LogP contribution in [-0.2, 0) is 11.3 Å². The monoisotopic (exact) mass is 265 g/mol. The summed E-state index contributed by atoms with van der Waals surface area (Å²) in [5, 5.41) is 0.243. The number of nitrogens with zero attached hydrogens (tertiary/aromatic N) is 4. The van der Waals surface area contributed by atoms with Gasteiger partial charge in [0.25, 0.3) is 0 Å². The minimum absolute atomic E-state index is 0. The number of hydrogen-bond acceptors (Lipinski definition) is 3. The second kappa shape index (κ2) is 5.82. The zero-order valence-corrected chi connectivity index (χ0v) is 12.3. The Hall–Kier alpha value is -0.620. The first kappa shape index (κ1) is 10.3. The average Bonchev–Trinajstić information content (AvgIpc) is 2.72. The van der Waals surface area contributed by atoms with Crippen molar-refractivity contribution in [3.05, 3.63) is 23.7 Å². The quantitative estimate of drug-likeness (QED) is 0.480. The fourth-order valence-corrected chi connectivity index (χ4v) is 1.54. The number of fused-ring (bicyclic) bond motifs is 1. The van der Waals surface area contributed by atoms with Gasteiger partial charge in [-0.15, -0.1) is 0 Å². The first-order valence-electron chi connectivity index (χ1n) is 6.02. The minimum Gasteiger partial charge on any atom is -1.00 e. The van der Waals surface area contributed by atoms with Crippen molar-refractivity contribution in [1.29, 1.82) is 0 Å². The fraction of sp³-hybridized carbons (Fsp3) is 0.300. The van der Waals surface area contributed by atoms with Crippen LogP contribution in [0.5, 0.6) is 0 Å². The maximum absolute atomic E-state index is 11.9. The van der Waals surface area contributed by atoms with Gasteiger partial charge in [0.15, 0.2) is 5.15 Å². The fourth-order valence-electron chi connectivity index (χ4n) is 1.34. The third kappa shape index (κ3) is 2.98. The van der Waals surface area contributed by atoms with Crippen LogP contribution in [0, 0.1) is 0 Å². The van der Waals surface area contributed by atoms with Crippen LogP contribution in [0.15, 0.2) is 18.6 Å². The molecule has 0 aromatic carbocycles. The standard InChI is InChI=1S/C10H11ClN4O.Na.H/c1-14(2)8(16)5-15-6-13-9-7(15)3-4-12-10(9)11;;/h3-4,6H,5H2,1-2H3;;/q;+1;-1/i1D3;;. The van der Waals surface area contributed by atoms with Gasteiger partial charge in [0.2, 0.25) is 5.91 Å². The summed E-state index contributed by atoms with van der Waals surface area (Å²) < 4.78 is 23.1. The van der Waals surface area contributed by atoms with Gasteiger partial charge in [-0.1, -0.05) is 11.6 Å². The summed E-state index contributed by atoms with van der Waals surface area (Å²) in [5.74, 6) is -0.535. The van der Waals surface area contributed by atoms with Crippen LogP contribution >= 0.6 is 11.6 Å². The summed E-state index contributed by atoms with van der Waals surface area (Å²) in [4.78, 5) is 20.5. The van der Waals surface area contributed by atoms with Crippen molar-refractivity contribution in [1.82, 2.24) is 19.4 Å². The summed E-state index contributed by atoms with van der Waals surface area (Å²) in [5.41, 5.74) is 1.11. The van der Waals surface area contributed by atoms with Crippen LogP contribution in [0.3, 0.4) is 0 Å². The average molecular weight is 266 g/mol. The molecule has 0 unspecified atom stereocenters. The third-order valence-electron chi connectivity index (χ3n) is 2.17. The SMILES string of the molecule is [2H]C([2H])([2H])N(C)C(=O)Cn1cnc2c(Cl)nccc21.[H-].[Na+]. The molecule has 2 aromatic rings. The van der Waals surface area contributed by atoms with E-state index < -0.39 is 12.9 Å². The van der Waals surface area contributed by atoms with Crippen LogP contribution in [0.2, 0.25) is 5.15 Å². The van der Waals surface area contributed by atoms with Gasteiger partial charge >= 0.3 is 29.6 Å². The molecule has 0 bridgehead atoms. The number of hydrogen-bond donors (Lipinski definition) is 0. The molecule has 0 aliphatic carbocycles. The van der Waals surface area contributed by atoms with Crippen molar-refractivity contribution in [3.63, 3.8) is 0 Å². The topological polar surface area (TPSA) is 51.0 Å². The zero-order chi connectivity index (χ0) is 14.2. The van der Waals surface area contributed by atoms with Gasteiger partial charge in [0.05, 0.1) is 11.8 Å². The van der Waals surface area contributed by atoms with Crippen molar-refractivity contribution in [3.8, 4) is 0 Å². The van der Waals surface area contributed by atoms with E-state index in [0.717, 1.165) is 4.90 Å². The Bertz CT molecular complexity index is 633. The second-order valence-electron chi connectivity index (χ2n) is 3.29. The van der Waals surface area contributed by atoms with E-state index in [9.17, 15) is 4.79 Å². The molecule has 1 amide bonds. The molecule has 0 spiro atoms. The molecule has 0 aliphatic rings. The van der Waals surface area contributed by atoms with E-state index in [2.05, 4.69) is 9.97 Å². The Morgan fingerprint density at radius 2 is 2.47 bits per heavy atom. The van der Waals surface area contributed by atoms with Crippen LogP contribution in [0.4, 0.5) is 0 Å². The molecule has 0 radical (unpaired) electrons. The van der Waals surface area contributed by atoms with Crippen molar-refractivity contribution >= 4 is 28.5 Å². The van der Waals surface area contributed by atoms with Gasteiger partial charge in [-0.05, 0) is 6.07 Å². The molecular formula is C10H12ClN4NaO. The minimum atomic E-state index is -2.45. The Labute approximate surface area is 132 Å². The summed E-state index contributed by atoms with van der Waals surface area (Å²) in [7, 11) is 1.24. The van der Waals surface area contributed by atoms with Crippen molar-refractivity contribution in [2.45, 2.75) is 6.54 Å². The second-order valence-corrected chi connectivity index (χ2v) is 3.65. The number of pyridine rings is 1. The van der Waals surface area contributed by atoms with Crippen LogP contribution < -0.4 is 29.6 Å². The van der Waals surface area contributed by atoms with Crippen LogP contribution in [0.1, 0.15) is 5.54 Å². The summed E-state index contributed by atoms with van der Waals surface area (Å²) in [6.07, 6.45) is 2.93. The van der Waals surface area contributed by atoms with E-state index in [-0.39, 0.29) is 42.7 Å². The Balaban J connectivity index is 0.00000200. The normalized spacial score (nSPS) is 13.4. The Morgan fingerprint density at radius 1 is 1.71 bits per heavy atom. The zero-order valence-electron chi connectivity index (χ0n) is 13.5. The van der Waals surface area contributed by atoms with Gasteiger partial charge in [0.1, 0.15) is 12.1 Å². The molecule has 0 saturated carbocycles. The number of amides is 1. The maximum Gasteiger partial charge on any atom is 1.00 e. The molecule has 0 atom stereocenters. The number of imidazole rings is 1. The molecule has 7 heteroatoms.